The van der Waals surface area contributed by atoms with Crippen LogP contribution in [0.4, 0.5) is 4.79 Å². The molecule has 36 heavy (non-hydrogen) atoms. The number of aromatic amines is 1. The molecule has 1 saturated carbocycles. The van der Waals surface area contributed by atoms with Crippen molar-refractivity contribution in [2.45, 2.75) is 58.6 Å². The number of likely N-dealkylation sites (tertiary alicyclic amines) is 1. The molecule has 1 spiro atoms. The van der Waals surface area contributed by atoms with Crippen LogP contribution < -0.4 is 0 Å². The van der Waals surface area contributed by atoms with E-state index in [1.54, 1.807) is 11.1 Å². The number of nitrogens with one attached hydrogen (secondary N) is 1. The van der Waals surface area contributed by atoms with Crippen molar-refractivity contribution in [3.05, 3.63) is 60.6 Å². The van der Waals surface area contributed by atoms with E-state index in [4.69, 9.17) is 4.74 Å². The molecule has 8 heteroatoms. The molecule has 3 aromatic rings. The zero-order valence-corrected chi connectivity index (χ0v) is 21.5. The summed E-state index contributed by atoms with van der Waals surface area (Å²) in [6, 6.07) is 13.9. The van der Waals surface area contributed by atoms with Crippen molar-refractivity contribution in [2.24, 2.45) is 5.41 Å². The molecule has 2 amide bonds. The SMILES string of the molecule is CCCN(C(=O)c1ccc(-c2cnn(-c3ccccc3)c2)[nH]1)C1CC12CCN(C(=O)OC(C)(C)C)C2. The molecule has 2 fully saturated rings. The number of carbonyl (C=O) groups is 2. The maximum absolute atomic E-state index is 13.6. The number of benzene rings is 1. The molecule has 1 N–H and O–H groups in total. The molecule has 0 radical (unpaired) electrons. The van der Waals surface area contributed by atoms with E-state index < -0.39 is 5.60 Å². The normalized spacial score (nSPS) is 21.1. The van der Waals surface area contributed by atoms with E-state index in [1.807, 2.05) is 79.0 Å². The number of ether oxygens (including phenoxy) is 1. The first kappa shape index (κ1) is 24.2. The van der Waals surface area contributed by atoms with E-state index in [-0.39, 0.29) is 23.5 Å². The summed E-state index contributed by atoms with van der Waals surface area (Å²) in [6.07, 6.45) is 6.21. The minimum Gasteiger partial charge on any atom is -0.444 e. The molecule has 1 saturated heterocycles. The first-order valence-electron chi connectivity index (χ1n) is 12.8. The highest BCUT2D eigenvalue weighted by Gasteiger charge is 2.61. The standard InChI is InChI=1S/C28H35N5O3/c1-5-14-32(24-16-28(24)13-15-31(19-28)26(35)36-27(2,3)4)25(34)23-12-11-22(30-23)20-17-29-33(18-20)21-9-7-6-8-10-21/h6-12,17-18,24,30H,5,13-16,19H2,1-4H3. The lowest BCUT2D eigenvalue weighted by molar-refractivity contribution is 0.0283. The molecule has 5 rings (SSSR count). The Morgan fingerprint density at radius 3 is 2.69 bits per heavy atom. The van der Waals surface area contributed by atoms with Crippen LogP contribution in [0.1, 0.15) is 57.4 Å². The fourth-order valence-corrected chi connectivity index (χ4v) is 5.25. The van der Waals surface area contributed by atoms with Crippen LogP contribution in [0.3, 0.4) is 0 Å². The molecule has 1 aliphatic heterocycles. The van der Waals surface area contributed by atoms with Crippen LogP contribution in [0.2, 0.25) is 0 Å². The second-order valence-corrected chi connectivity index (χ2v) is 11.0. The highest BCUT2D eigenvalue weighted by molar-refractivity contribution is 5.94. The molecule has 3 heterocycles. The van der Waals surface area contributed by atoms with E-state index in [1.165, 1.54) is 0 Å². The van der Waals surface area contributed by atoms with Crippen molar-refractivity contribution in [2.75, 3.05) is 19.6 Å². The first-order chi connectivity index (χ1) is 17.2. The van der Waals surface area contributed by atoms with Gasteiger partial charge < -0.3 is 19.5 Å². The van der Waals surface area contributed by atoms with Gasteiger partial charge in [-0.05, 0) is 64.3 Å². The summed E-state index contributed by atoms with van der Waals surface area (Å²) < 4.78 is 7.40. The average Bonchev–Trinajstić information content (AvgIpc) is 3.29. The van der Waals surface area contributed by atoms with E-state index in [9.17, 15) is 9.59 Å². The number of para-hydroxylation sites is 1. The summed E-state index contributed by atoms with van der Waals surface area (Å²) >= 11 is 0. The summed E-state index contributed by atoms with van der Waals surface area (Å²) in [4.78, 5) is 33.3. The Bertz CT molecular complexity index is 1240. The predicted molar refractivity (Wildman–Crippen MR) is 138 cm³/mol. The molecule has 1 aliphatic carbocycles. The van der Waals surface area contributed by atoms with Gasteiger partial charge in [-0.15, -0.1) is 0 Å². The van der Waals surface area contributed by atoms with Crippen LogP contribution >= 0.6 is 0 Å². The Kier molecular flexibility index (Phi) is 6.14. The minimum atomic E-state index is -0.511. The Balaban J connectivity index is 1.28. The minimum absolute atomic E-state index is 0.0103. The summed E-state index contributed by atoms with van der Waals surface area (Å²) in [6.45, 7) is 9.76. The second-order valence-electron chi connectivity index (χ2n) is 11.0. The van der Waals surface area contributed by atoms with Crippen molar-refractivity contribution in [1.29, 1.82) is 0 Å². The third-order valence-corrected chi connectivity index (χ3v) is 7.12. The molecule has 2 aromatic heterocycles. The molecule has 2 unspecified atom stereocenters. The highest BCUT2D eigenvalue weighted by Crippen LogP contribution is 2.56. The van der Waals surface area contributed by atoms with Crippen molar-refractivity contribution in [3.63, 3.8) is 0 Å². The Morgan fingerprint density at radius 1 is 1.19 bits per heavy atom. The van der Waals surface area contributed by atoms with E-state index in [0.717, 1.165) is 36.2 Å². The first-order valence-corrected chi connectivity index (χ1v) is 12.8. The van der Waals surface area contributed by atoms with Crippen molar-refractivity contribution in [3.8, 4) is 16.9 Å². The third kappa shape index (κ3) is 4.76. The van der Waals surface area contributed by atoms with Crippen LogP contribution in [0.5, 0.6) is 0 Å². The van der Waals surface area contributed by atoms with Gasteiger partial charge in [0, 0.05) is 48.5 Å². The van der Waals surface area contributed by atoms with Gasteiger partial charge in [-0.25, -0.2) is 9.48 Å². The number of carbonyl (C=O) groups excluding carboxylic acids is 2. The van der Waals surface area contributed by atoms with Crippen LogP contribution in [-0.2, 0) is 4.74 Å². The number of rotatable bonds is 6. The Labute approximate surface area is 212 Å². The number of amides is 2. The zero-order valence-electron chi connectivity index (χ0n) is 21.5. The Hall–Kier alpha value is -3.55. The quantitative estimate of drug-likeness (QED) is 0.521. The number of hydrogen-bond donors (Lipinski definition) is 1. The number of hydrogen-bond acceptors (Lipinski definition) is 4. The zero-order chi connectivity index (χ0) is 25.5. The second kappa shape index (κ2) is 9.15. The Morgan fingerprint density at radius 2 is 1.97 bits per heavy atom. The van der Waals surface area contributed by atoms with Crippen LogP contribution in [0.15, 0.2) is 54.9 Å². The summed E-state index contributed by atoms with van der Waals surface area (Å²) in [5.74, 6) is 0.0103. The lowest BCUT2D eigenvalue weighted by atomic mass is 10.1. The van der Waals surface area contributed by atoms with Crippen molar-refractivity contribution in [1.82, 2.24) is 24.6 Å². The molecule has 2 atom stereocenters. The lowest BCUT2D eigenvalue weighted by Crippen LogP contribution is -2.39. The van der Waals surface area contributed by atoms with Gasteiger partial charge in [0.1, 0.15) is 11.3 Å². The molecular weight excluding hydrogens is 454 g/mol. The van der Waals surface area contributed by atoms with E-state index in [2.05, 4.69) is 17.0 Å². The topological polar surface area (TPSA) is 83.5 Å². The average molecular weight is 490 g/mol. The van der Waals surface area contributed by atoms with E-state index >= 15 is 0 Å². The molecule has 190 valence electrons. The lowest BCUT2D eigenvalue weighted by Gasteiger charge is -2.26. The summed E-state index contributed by atoms with van der Waals surface area (Å²) in [7, 11) is 0. The predicted octanol–water partition coefficient (Wildman–Crippen LogP) is 5.12. The number of nitrogens with zero attached hydrogens (tertiary/aromatic N) is 4. The molecule has 0 bridgehead atoms. The van der Waals surface area contributed by atoms with Crippen LogP contribution in [0.25, 0.3) is 16.9 Å². The number of aromatic nitrogens is 3. The van der Waals surface area contributed by atoms with Gasteiger partial charge >= 0.3 is 6.09 Å². The largest absolute Gasteiger partial charge is 0.444 e. The van der Waals surface area contributed by atoms with Crippen LogP contribution in [-0.4, -0.2) is 67.8 Å². The monoisotopic (exact) mass is 489 g/mol. The smallest absolute Gasteiger partial charge is 0.410 e. The molecular formula is C28H35N5O3. The van der Waals surface area contributed by atoms with Gasteiger partial charge in [-0.3, -0.25) is 4.79 Å². The molecule has 1 aromatic carbocycles. The fourth-order valence-electron chi connectivity index (χ4n) is 5.25. The fraction of sp³-hybridized carbons (Fsp3) is 0.464. The van der Waals surface area contributed by atoms with E-state index in [0.29, 0.717) is 25.3 Å². The number of H-pyrrole nitrogens is 1. The van der Waals surface area contributed by atoms with Crippen LogP contribution in [0, 0.1) is 5.41 Å². The maximum Gasteiger partial charge on any atom is 0.410 e. The molecule has 8 nitrogen and oxygen atoms in total. The maximum atomic E-state index is 13.6. The summed E-state index contributed by atoms with van der Waals surface area (Å²) in [5, 5.41) is 4.47. The van der Waals surface area contributed by atoms with Gasteiger partial charge in [0.25, 0.3) is 5.91 Å². The van der Waals surface area contributed by atoms with Crippen molar-refractivity contribution >= 4 is 12.0 Å². The molecule has 2 aliphatic rings. The highest BCUT2D eigenvalue weighted by atomic mass is 16.6. The summed E-state index contributed by atoms with van der Waals surface area (Å²) in [5.41, 5.74) is 2.81. The van der Waals surface area contributed by atoms with Gasteiger partial charge in [0.2, 0.25) is 0 Å². The third-order valence-electron chi connectivity index (χ3n) is 7.12. The van der Waals surface area contributed by atoms with Gasteiger partial charge in [0.05, 0.1) is 11.9 Å². The van der Waals surface area contributed by atoms with Gasteiger partial charge in [0.15, 0.2) is 0 Å². The van der Waals surface area contributed by atoms with Gasteiger partial charge in [-0.1, -0.05) is 25.1 Å². The van der Waals surface area contributed by atoms with Gasteiger partial charge in [-0.2, -0.15) is 5.10 Å². The van der Waals surface area contributed by atoms with Crippen molar-refractivity contribution < 1.29 is 14.3 Å².